The molecule has 0 fully saturated rings. The summed E-state index contributed by atoms with van der Waals surface area (Å²) in [6.45, 7) is 12.7. The van der Waals surface area contributed by atoms with E-state index in [-0.39, 0.29) is 0 Å². The zero-order valence-electron chi connectivity index (χ0n) is 9.76. The van der Waals surface area contributed by atoms with E-state index in [0.717, 1.165) is 19.6 Å². The Bertz CT molecular complexity index is 140. The second-order valence-electron chi connectivity index (χ2n) is 5.03. The van der Waals surface area contributed by atoms with Gasteiger partial charge in [0.2, 0.25) is 0 Å². The molecule has 0 N–H and O–H groups in total. The van der Waals surface area contributed by atoms with Gasteiger partial charge in [-0.1, -0.05) is 46.8 Å². The van der Waals surface area contributed by atoms with Gasteiger partial charge in [-0.2, -0.15) is 0 Å². The highest BCUT2D eigenvalue weighted by atomic mass is 16.5. The standard InChI is InChI=1S/C12H24O/c1-11(2)10-13-9-7-6-8-12(3,4)5/h6,8,11H,7,9-10H2,1-5H3/b8-6-. The minimum atomic E-state index is 0.304. The van der Waals surface area contributed by atoms with Crippen LogP contribution in [0.1, 0.15) is 41.0 Å². The van der Waals surface area contributed by atoms with Crippen LogP contribution in [0.25, 0.3) is 0 Å². The average Bonchev–Trinajstić information content (AvgIpc) is 1.93. The van der Waals surface area contributed by atoms with E-state index in [9.17, 15) is 0 Å². The van der Waals surface area contributed by atoms with Gasteiger partial charge in [-0.15, -0.1) is 0 Å². The molecule has 0 aromatic carbocycles. The van der Waals surface area contributed by atoms with Crippen LogP contribution in [0.5, 0.6) is 0 Å². The van der Waals surface area contributed by atoms with Gasteiger partial charge in [-0.05, 0) is 17.8 Å². The van der Waals surface area contributed by atoms with Crippen LogP contribution in [0, 0.1) is 11.3 Å². The molecular weight excluding hydrogens is 160 g/mol. The quantitative estimate of drug-likeness (QED) is 0.468. The fraction of sp³-hybridized carbons (Fsp3) is 0.833. The van der Waals surface area contributed by atoms with E-state index >= 15 is 0 Å². The molecule has 78 valence electrons. The van der Waals surface area contributed by atoms with Gasteiger partial charge in [0.1, 0.15) is 0 Å². The van der Waals surface area contributed by atoms with Gasteiger partial charge in [0.15, 0.2) is 0 Å². The van der Waals surface area contributed by atoms with Gasteiger partial charge in [-0.3, -0.25) is 0 Å². The van der Waals surface area contributed by atoms with E-state index in [0.29, 0.717) is 11.3 Å². The Hall–Kier alpha value is -0.300. The Morgan fingerprint density at radius 3 is 2.31 bits per heavy atom. The van der Waals surface area contributed by atoms with Crippen molar-refractivity contribution in [2.75, 3.05) is 13.2 Å². The first-order valence-corrected chi connectivity index (χ1v) is 5.17. The maximum absolute atomic E-state index is 5.46. The van der Waals surface area contributed by atoms with Gasteiger partial charge in [0.05, 0.1) is 6.61 Å². The molecule has 13 heavy (non-hydrogen) atoms. The molecule has 0 aromatic heterocycles. The van der Waals surface area contributed by atoms with Crippen molar-refractivity contribution in [2.24, 2.45) is 11.3 Å². The molecule has 0 radical (unpaired) electrons. The summed E-state index contributed by atoms with van der Waals surface area (Å²) in [4.78, 5) is 0. The van der Waals surface area contributed by atoms with Crippen molar-refractivity contribution >= 4 is 0 Å². The Kier molecular flexibility index (Phi) is 6.06. The minimum absolute atomic E-state index is 0.304. The molecule has 0 aliphatic rings. The van der Waals surface area contributed by atoms with E-state index in [4.69, 9.17) is 4.74 Å². The lowest BCUT2D eigenvalue weighted by molar-refractivity contribution is 0.114. The lowest BCUT2D eigenvalue weighted by atomic mass is 9.96. The molecule has 0 aliphatic heterocycles. The van der Waals surface area contributed by atoms with Gasteiger partial charge in [-0.25, -0.2) is 0 Å². The van der Waals surface area contributed by atoms with Crippen molar-refractivity contribution in [1.29, 1.82) is 0 Å². The first-order valence-electron chi connectivity index (χ1n) is 5.17. The van der Waals surface area contributed by atoms with Crippen LogP contribution in [-0.2, 0) is 4.74 Å². The first-order chi connectivity index (χ1) is 5.92. The van der Waals surface area contributed by atoms with Crippen molar-refractivity contribution in [3.63, 3.8) is 0 Å². The van der Waals surface area contributed by atoms with Crippen LogP contribution in [0.3, 0.4) is 0 Å². The summed E-state index contributed by atoms with van der Waals surface area (Å²) in [6, 6.07) is 0. The van der Waals surface area contributed by atoms with Crippen molar-refractivity contribution in [3.05, 3.63) is 12.2 Å². The molecule has 0 spiro atoms. The molecule has 0 heterocycles. The van der Waals surface area contributed by atoms with Crippen molar-refractivity contribution < 1.29 is 4.74 Å². The Labute approximate surface area is 83.2 Å². The third kappa shape index (κ3) is 11.7. The van der Waals surface area contributed by atoms with E-state index in [1.54, 1.807) is 0 Å². The fourth-order valence-electron chi connectivity index (χ4n) is 0.907. The monoisotopic (exact) mass is 184 g/mol. The summed E-state index contributed by atoms with van der Waals surface area (Å²) in [6.07, 6.45) is 5.48. The second kappa shape index (κ2) is 6.20. The normalized spacial score (nSPS) is 13.1. The summed E-state index contributed by atoms with van der Waals surface area (Å²) in [7, 11) is 0. The molecule has 0 atom stereocenters. The lowest BCUT2D eigenvalue weighted by Crippen LogP contribution is -2.03. The molecule has 0 aliphatic carbocycles. The second-order valence-corrected chi connectivity index (χ2v) is 5.03. The van der Waals surface area contributed by atoms with Crippen LogP contribution in [0.2, 0.25) is 0 Å². The third-order valence-electron chi connectivity index (χ3n) is 1.50. The molecule has 0 aromatic rings. The molecule has 0 amide bonds. The van der Waals surface area contributed by atoms with E-state index in [1.807, 2.05) is 0 Å². The smallest absolute Gasteiger partial charge is 0.0500 e. The molecule has 0 bridgehead atoms. The van der Waals surface area contributed by atoms with Crippen LogP contribution in [0.15, 0.2) is 12.2 Å². The lowest BCUT2D eigenvalue weighted by Gasteiger charge is -2.11. The molecule has 1 heteroatoms. The van der Waals surface area contributed by atoms with Crippen LogP contribution in [0.4, 0.5) is 0 Å². The van der Waals surface area contributed by atoms with Crippen LogP contribution >= 0.6 is 0 Å². The summed E-state index contributed by atoms with van der Waals surface area (Å²) in [5.74, 6) is 0.645. The number of allylic oxidation sites excluding steroid dienone is 1. The molecule has 0 unspecified atom stereocenters. The maximum Gasteiger partial charge on any atom is 0.0500 e. The van der Waals surface area contributed by atoms with Crippen LogP contribution in [-0.4, -0.2) is 13.2 Å². The fourth-order valence-corrected chi connectivity index (χ4v) is 0.907. The van der Waals surface area contributed by atoms with Crippen LogP contribution < -0.4 is 0 Å². The van der Waals surface area contributed by atoms with Gasteiger partial charge in [0, 0.05) is 6.61 Å². The van der Waals surface area contributed by atoms with Crippen molar-refractivity contribution in [2.45, 2.75) is 41.0 Å². The first kappa shape index (κ1) is 12.7. The number of hydrogen-bond acceptors (Lipinski definition) is 1. The summed E-state index contributed by atoms with van der Waals surface area (Å²) < 4.78 is 5.46. The predicted molar refractivity (Wildman–Crippen MR) is 58.9 cm³/mol. The number of rotatable bonds is 5. The zero-order chi connectivity index (χ0) is 10.3. The SMILES string of the molecule is CC(C)COCC/C=C\C(C)(C)C. The highest BCUT2D eigenvalue weighted by molar-refractivity contribution is 4.91. The number of hydrogen-bond donors (Lipinski definition) is 0. The van der Waals surface area contributed by atoms with Crippen molar-refractivity contribution in [3.8, 4) is 0 Å². The third-order valence-corrected chi connectivity index (χ3v) is 1.50. The van der Waals surface area contributed by atoms with Crippen molar-refractivity contribution in [1.82, 2.24) is 0 Å². The summed E-state index contributed by atoms with van der Waals surface area (Å²) in [5, 5.41) is 0. The van der Waals surface area contributed by atoms with E-state index in [2.05, 4.69) is 46.8 Å². The Balaban J connectivity index is 3.31. The topological polar surface area (TPSA) is 9.23 Å². The van der Waals surface area contributed by atoms with Gasteiger partial charge >= 0.3 is 0 Å². The maximum atomic E-state index is 5.46. The number of ether oxygens (including phenoxy) is 1. The molecule has 1 nitrogen and oxygen atoms in total. The molecule has 0 rings (SSSR count). The molecule has 0 saturated carbocycles. The van der Waals surface area contributed by atoms with Gasteiger partial charge < -0.3 is 4.74 Å². The summed E-state index contributed by atoms with van der Waals surface area (Å²) in [5.41, 5.74) is 0.304. The average molecular weight is 184 g/mol. The van der Waals surface area contributed by atoms with Gasteiger partial charge in [0.25, 0.3) is 0 Å². The molecular formula is C12H24O. The minimum Gasteiger partial charge on any atom is -0.381 e. The highest BCUT2D eigenvalue weighted by Gasteiger charge is 2.02. The Morgan fingerprint density at radius 2 is 1.85 bits per heavy atom. The predicted octanol–water partition coefficient (Wildman–Crippen LogP) is 3.65. The Morgan fingerprint density at radius 1 is 1.23 bits per heavy atom. The largest absolute Gasteiger partial charge is 0.381 e. The zero-order valence-corrected chi connectivity index (χ0v) is 9.76. The van der Waals surface area contributed by atoms with E-state index < -0.39 is 0 Å². The highest BCUT2D eigenvalue weighted by Crippen LogP contribution is 2.14. The summed E-state index contributed by atoms with van der Waals surface area (Å²) >= 11 is 0. The molecule has 0 saturated heterocycles. The van der Waals surface area contributed by atoms with E-state index in [1.165, 1.54) is 0 Å².